The number of likely N-dealkylation sites (N-methyl/N-ethyl adjacent to an activating group) is 1. The molecule has 0 aromatic heterocycles. The van der Waals surface area contributed by atoms with E-state index in [0.717, 1.165) is 18.3 Å². The lowest BCUT2D eigenvalue weighted by Crippen LogP contribution is -2.64. The number of rotatable bonds is 9. The number of carboxylic acid groups (broad SMARTS) is 1. The monoisotopic (exact) mass is 407 g/mol. The standard InChI is InChI=1S/C24H45N3O2/c1-5-6-7-8-9-18-10-11-20-19(14-18)21(27-13-12-24(2,3)17-27)15-22(25-20)26(4)16-23(28)29/h18-22,25H,5-17H2,1-4H3,(H,28,29). The highest BCUT2D eigenvalue weighted by molar-refractivity contribution is 5.69. The van der Waals surface area contributed by atoms with Gasteiger partial charge < -0.3 is 5.11 Å². The molecule has 29 heavy (non-hydrogen) atoms. The minimum Gasteiger partial charge on any atom is -0.480 e. The maximum absolute atomic E-state index is 11.3. The summed E-state index contributed by atoms with van der Waals surface area (Å²) in [6, 6.07) is 1.15. The smallest absolute Gasteiger partial charge is 0.317 e. The number of carbonyl (C=O) groups is 1. The summed E-state index contributed by atoms with van der Waals surface area (Å²) < 4.78 is 0. The summed E-state index contributed by atoms with van der Waals surface area (Å²) >= 11 is 0. The molecule has 5 unspecified atom stereocenters. The van der Waals surface area contributed by atoms with E-state index in [0.29, 0.717) is 17.5 Å². The quantitative estimate of drug-likeness (QED) is 0.562. The third kappa shape index (κ3) is 6.18. The van der Waals surface area contributed by atoms with Gasteiger partial charge in [0.1, 0.15) is 0 Å². The summed E-state index contributed by atoms with van der Waals surface area (Å²) in [6.45, 7) is 9.61. The average molecular weight is 408 g/mol. The maximum atomic E-state index is 11.3. The number of unbranched alkanes of at least 4 members (excludes halogenated alkanes) is 3. The number of nitrogens with one attached hydrogen (secondary N) is 1. The number of hydrogen-bond donors (Lipinski definition) is 2. The average Bonchev–Trinajstić information content (AvgIpc) is 3.03. The van der Waals surface area contributed by atoms with Crippen LogP contribution in [0.25, 0.3) is 0 Å². The highest BCUT2D eigenvalue weighted by atomic mass is 16.4. The van der Waals surface area contributed by atoms with Crippen molar-refractivity contribution in [3.63, 3.8) is 0 Å². The Morgan fingerprint density at radius 1 is 1.21 bits per heavy atom. The van der Waals surface area contributed by atoms with Crippen LogP contribution in [-0.2, 0) is 4.79 Å². The summed E-state index contributed by atoms with van der Waals surface area (Å²) in [5.74, 6) is 0.885. The topological polar surface area (TPSA) is 55.8 Å². The van der Waals surface area contributed by atoms with Crippen LogP contribution in [0, 0.1) is 17.3 Å². The lowest BCUT2D eigenvalue weighted by Gasteiger charge is -2.52. The molecule has 0 spiro atoms. The first-order valence-electron chi connectivity index (χ1n) is 12.2. The number of piperidine rings is 1. The van der Waals surface area contributed by atoms with Gasteiger partial charge in [0.05, 0.1) is 12.7 Å². The molecule has 2 heterocycles. The SMILES string of the molecule is CCCCCCC1CCC2NC(N(C)CC(=O)O)CC(N3CCC(C)(C)C3)C2C1. The molecule has 1 saturated carbocycles. The van der Waals surface area contributed by atoms with Crippen molar-refractivity contribution in [2.24, 2.45) is 17.3 Å². The number of carboxylic acids is 1. The summed E-state index contributed by atoms with van der Waals surface area (Å²) in [5, 5.41) is 13.1. The molecule has 0 aromatic carbocycles. The first-order chi connectivity index (χ1) is 13.8. The van der Waals surface area contributed by atoms with Gasteiger partial charge in [0.25, 0.3) is 0 Å². The fourth-order valence-corrected chi connectivity index (χ4v) is 6.26. The number of aliphatic carboxylic acids is 1. The second-order valence-electron chi connectivity index (χ2n) is 11.0. The van der Waals surface area contributed by atoms with Crippen LogP contribution in [0.5, 0.6) is 0 Å². The Morgan fingerprint density at radius 2 is 2.00 bits per heavy atom. The summed E-state index contributed by atoms with van der Waals surface area (Å²) in [6.07, 6.45) is 13.4. The summed E-state index contributed by atoms with van der Waals surface area (Å²) in [5.41, 5.74) is 0.414. The van der Waals surface area contributed by atoms with E-state index < -0.39 is 5.97 Å². The Labute approximate surface area is 178 Å². The van der Waals surface area contributed by atoms with Gasteiger partial charge >= 0.3 is 5.97 Å². The van der Waals surface area contributed by atoms with Gasteiger partial charge in [-0.3, -0.25) is 19.9 Å². The molecule has 2 N–H and O–H groups in total. The van der Waals surface area contributed by atoms with Crippen LogP contribution in [0.15, 0.2) is 0 Å². The van der Waals surface area contributed by atoms with Crippen molar-refractivity contribution in [1.29, 1.82) is 0 Å². The molecule has 5 heteroatoms. The molecule has 0 radical (unpaired) electrons. The molecule has 3 rings (SSSR count). The van der Waals surface area contributed by atoms with Crippen molar-refractivity contribution in [2.45, 2.75) is 103 Å². The van der Waals surface area contributed by atoms with Crippen molar-refractivity contribution in [2.75, 3.05) is 26.7 Å². The maximum Gasteiger partial charge on any atom is 0.317 e. The predicted octanol–water partition coefficient (Wildman–Crippen LogP) is 4.18. The van der Waals surface area contributed by atoms with E-state index in [1.807, 2.05) is 11.9 Å². The molecule has 0 aromatic rings. The van der Waals surface area contributed by atoms with E-state index in [2.05, 4.69) is 31.0 Å². The number of hydrogen-bond acceptors (Lipinski definition) is 4. The molecule has 5 nitrogen and oxygen atoms in total. The number of likely N-dealkylation sites (tertiary alicyclic amines) is 1. The van der Waals surface area contributed by atoms with Crippen LogP contribution in [-0.4, -0.2) is 65.8 Å². The molecule has 0 amide bonds. The predicted molar refractivity (Wildman–Crippen MR) is 119 cm³/mol. The van der Waals surface area contributed by atoms with Gasteiger partial charge in [-0.25, -0.2) is 0 Å². The van der Waals surface area contributed by atoms with E-state index in [1.54, 1.807) is 0 Å². The fourth-order valence-electron chi connectivity index (χ4n) is 6.26. The van der Waals surface area contributed by atoms with E-state index in [-0.39, 0.29) is 12.7 Å². The molecular weight excluding hydrogens is 362 g/mol. The van der Waals surface area contributed by atoms with E-state index in [9.17, 15) is 9.90 Å². The lowest BCUT2D eigenvalue weighted by molar-refractivity contribution is -0.139. The molecule has 3 aliphatic rings. The van der Waals surface area contributed by atoms with Gasteiger partial charge in [-0.15, -0.1) is 0 Å². The Balaban J connectivity index is 1.67. The zero-order valence-electron chi connectivity index (χ0n) is 19.3. The van der Waals surface area contributed by atoms with Gasteiger partial charge in [-0.1, -0.05) is 52.9 Å². The van der Waals surface area contributed by atoms with Crippen LogP contribution >= 0.6 is 0 Å². The Hall–Kier alpha value is -0.650. The third-order valence-corrected chi connectivity index (χ3v) is 7.93. The summed E-state index contributed by atoms with van der Waals surface area (Å²) in [7, 11) is 1.97. The fraction of sp³-hybridized carbons (Fsp3) is 0.958. The minimum absolute atomic E-state index is 0.118. The Morgan fingerprint density at radius 3 is 2.66 bits per heavy atom. The molecule has 168 valence electrons. The van der Waals surface area contributed by atoms with Crippen LogP contribution in [0.2, 0.25) is 0 Å². The van der Waals surface area contributed by atoms with Gasteiger partial charge in [0.2, 0.25) is 0 Å². The zero-order valence-corrected chi connectivity index (χ0v) is 19.3. The van der Waals surface area contributed by atoms with Crippen molar-refractivity contribution in [3.8, 4) is 0 Å². The van der Waals surface area contributed by atoms with Gasteiger partial charge in [-0.2, -0.15) is 0 Å². The third-order valence-electron chi connectivity index (χ3n) is 7.93. The van der Waals surface area contributed by atoms with E-state index in [4.69, 9.17) is 0 Å². The lowest BCUT2D eigenvalue weighted by atomic mass is 9.69. The highest BCUT2D eigenvalue weighted by Gasteiger charge is 2.46. The molecule has 2 aliphatic heterocycles. The first kappa shape index (κ1) is 23.0. The van der Waals surface area contributed by atoms with Crippen molar-refractivity contribution in [1.82, 2.24) is 15.1 Å². The highest BCUT2D eigenvalue weighted by Crippen LogP contribution is 2.42. The van der Waals surface area contributed by atoms with Crippen LogP contribution < -0.4 is 5.32 Å². The minimum atomic E-state index is -0.730. The van der Waals surface area contributed by atoms with Gasteiger partial charge in [0, 0.05) is 18.6 Å². The second-order valence-corrected chi connectivity index (χ2v) is 11.0. The molecule has 1 aliphatic carbocycles. The van der Waals surface area contributed by atoms with Crippen LogP contribution in [0.4, 0.5) is 0 Å². The van der Waals surface area contributed by atoms with Gasteiger partial charge in [-0.05, 0) is 62.9 Å². The van der Waals surface area contributed by atoms with Crippen LogP contribution in [0.1, 0.15) is 85.0 Å². The first-order valence-corrected chi connectivity index (χ1v) is 12.2. The summed E-state index contributed by atoms with van der Waals surface area (Å²) in [4.78, 5) is 16.0. The van der Waals surface area contributed by atoms with E-state index >= 15 is 0 Å². The largest absolute Gasteiger partial charge is 0.480 e. The normalized spacial score (nSPS) is 35.0. The molecular formula is C24H45N3O2. The van der Waals surface area contributed by atoms with Crippen molar-refractivity contribution in [3.05, 3.63) is 0 Å². The molecule has 0 bridgehead atoms. The van der Waals surface area contributed by atoms with Gasteiger partial charge in [0.15, 0.2) is 0 Å². The van der Waals surface area contributed by atoms with Crippen molar-refractivity contribution >= 4 is 5.97 Å². The van der Waals surface area contributed by atoms with Crippen LogP contribution in [0.3, 0.4) is 0 Å². The zero-order chi connectivity index (χ0) is 21.0. The Bertz CT molecular complexity index is 538. The van der Waals surface area contributed by atoms with E-state index in [1.165, 1.54) is 70.9 Å². The molecule has 5 atom stereocenters. The number of fused-ring (bicyclic) bond motifs is 1. The number of nitrogens with zero attached hydrogens (tertiary/aromatic N) is 2. The Kier molecular flexibility index (Phi) is 8.02. The molecule has 2 saturated heterocycles. The molecule has 3 fully saturated rings. The second kappa shape index (κ2) is 10.1. The van der Waals surface area contributed by atoms with Crippen molar-refractivity contribution < 1.29 is 9.90 Å².